The van der Waals surface area contributed by atoms with Gasteiger partial charge in [-0.25, -0.2) is 13.2 Å². The highest BCUT2D eigenvalue weighted by Crippen LogP contribution is 2.20. The summed E-state index contributed by atoms with van der Waals surface area (Å²) in [5.41, 5.74) is -1.49. The molecule has 1 atom stereocenters. The van der Waals surface area contributed by atoms with E-state index in [-0.39, 0.29) is 36.6 Å². The van der Waals surface area contributed by atoms with Crippen molar-refractivity contribution < 1.29 is 27.9 Å². The number of carbonyl (C=O) groups is 2. The van der Waals surface area contributed by atoms with Crippen molar-refractivity contribution in [2.45, 2.75) is 16.9 Å². The second kappa shape index (κ2) is 7.00. The summed E-state index contributed by atoms with van der Waals surface area (Å²) < 4.78 is 31.3. The van der Waals surface area contributed by atoms with E-state index in [1.54, 1.807) is 0 Å². The van der Waals surface area contributed by atoms with Gasteiger partial charge in [-0.3, -0.25) is 4.79 Å². The Kier molecular flexibility index (Phi) is 5.23. The van der Waals surface area contributed by atoms with Crippen molar-refractivity contribution in [1.29, 1.82) is 0 Å². The van der Waals surface area contributed by atoms with Crippen LogP contribution in [-0.4, -0.2) is 50.7 Å². The molecule has 1 aliphatic rings. The Morgan fingerprint density at radius 2 is 2.17 bits per heavy atom. The number of aliphatic carboxylic acids is 1. The van der Waals surface area contributed by atoms with Crippen molar-refractivity contribution in [1.82, 2.24) is 10.0 Å². The number of hydrogen-bond acceptors (Lipinski definition) is 5. The average molecular weight is 352 g/mol. The van der Waals surface area contributed by atoms with Crippen LogP contribution in [0.4, 0.5) is 0 Å². The van der Waals surface area contributed by atoms with Gasteiger partial charge in [0.25, 0.3) is 5.91 Å². The number of carboxylic acid groups (broad SMARTS) is 1. The molecular formula is C15H16N2O6S. The van der Waals surface area contributed by atoms with Crippen LogP contribution >= 0.6 is 0 Å². The Hall–Kier alpha value is -2.41. The van der Waals surface area contributed by atoms with E-state index in [4.69, 9.17) is 11.2 Å². The van der Waals surface area contributed by atoms with Crippen molar-refractivity contribution in [2.24, 2.45) is 0 Å². The summed E-state index contributed by atoms with van der Waals surface area (Å²) in [6.07, 6.45) is 5.15. The molecule has 2 rings (SSSR count). The maximum atomic E-state index is 12.3. The van der Waals surface area contributed by atoms with E-state index >= 15 is 0 Å². The van der Waals surface area contributed by atoms with Gasteiger partial charge in [0.15, 0.2) is 5.54 Å². The van der Waals surface area contributed by atoms with Gasteiger partial charge < -0.3 is 15.2 Å². The largest absolute Gasteiger partial charge is 0.479 e. The van der Waals surface area contributed by atoms with Gasteiger partial charge in [0, 0.05) is 18.6 Å². The number of ether oxygens (including phenoxy) is 1. The van der Waals surface area contributed by atoms with Crippen molar-refractivity contribution >= 4 is 21.9 Å². The number of nitrogens with one attached hydrogen (secondary N) is 2. The van der Waals surface area contributed by atoms with Gasteiger partial charge in [-0.1, -0.05) is 12.0 Å². The van der Waals surface area contributed by atoms with Crippen LogP contribution < -0.4 is 10.0 Å². The summed E-state index contributed by atoms with van der Waals surface area (Å²) in [6.45, 7) is -0.106. The third kappa shape index (κ3) is 3.73. The smallest absolute Gasteiger partial charge is 0.331 e. The lowest BCUT2D eigenvalue weighted by Gasteiger charge is -2.23. The molecule has 1 heterocycles. The maximum absolute atomic E-state index is 12.3. The number of carbonyl (C=O) groups excluding carboxylic acids is 1. The van der Waals surface area contributed by atoms with Crippen LogP contribution in [0.3, 0.4) is 0 Å². The summed E-state index contributed by atoms with van der Waals surface area (Å²) in [6, 6.07) is 5.24. The van der Waals surface area contributed by atoms with Gasteiger partial charge >= 0.3 is 5.97 Å². The third-order valence-corrected chi connectivity index (χ3v) is 4.95. The Morgan fingerprint density at radius 3 is 2.75 bits per heavy atom. The Bertz CT molecular complexity index is 790. The first-order chi connectivity index (χ1) is 11.3. The third-order valence-electron chi connectivity index (χ3n) is 3.55. The molecule has 1 saturated heterocycles. The average Bonchev–Trinajstić information content (AvgIpc) is 3.03. The SMILES string of the molecule is C#CCNS(=O)(=O)c1cccc(C(=O)NC2(C(=O)O)CCOC2)c1. The van der Waals surface area contributed by atoms with Crippen LogP contribution in [0.15, 0.2) is 29.2 Å². The minimum atomic E-state index is -3.85. The van der Waals surface area contributed by atoms with E-state index < -0.39 is 27.4 Å². The molecule has 1 unspecified atom stereocenters. The molecule has 0 aromatic heterocycles. The predicted molar refractivity (Wildman–Crippen MR) is 83.7 cm³/mol. The first-order valence-corrected chi connectivity index (χ1v) is 8.46. The lowest BCUT2D eigenvalue weighted by Crippen LogP contribution is -2.55. The molecule has 0 bridgehead atoms. The zero-order valence-electron chi connectivity index (χ0n) is 12.6. The summed E-state index contributed by atoms with van der Waals surface area (Å²) in [4.78, 5) is 23.6. The lowest BCUT2D eigenvalue weighted by molar-refractivity contribution is -0.144. The monoisotopic (exact) mass is 352 g/mol. The van der Waals surface area contributed by atoms with E-state index in [2.05, 4.69) is 16.0 Å². The van der Waals surface area contributed by atoms with E-state index in [1.807, 2.05) is 0 Å². The molecule has 128 valence electrons. The van der Waals surface area contributed by atoms with Crippen molar-refractivity contribution in [2.75, 3.05) is 19.8 Å². The summed E-state index contributed by atoms with van der Waals surface area (Å²) >= 11 is 0. The van der Waals surface area contributed by atoms with Gasteiger partial charge in [-0.15, -0.1) is 6.42 Å². The molecule has 24 heavy (non-hydrogen) atoms. The van der Waals surface area contributed by atoms with E-state index in [9.17, 15) is 23.1 Å². The van der Waals surface area contributed by atoms with Gasteiger partial charge in [0.05, 0.1) is 18.0 Å². The number of hydrogen-bond donors (Lipinski definition) is 3. The standard InChI is InChI=1S/C15H16N2O6S/c1-2-7-16-24(21,22)12-5-3-4-11(9-12)13(18)17-15(14(19)20)6-8-23-10-15/h1,3-5,9,16H,6-8,10H2,(H,17,18)(H,19,20). The second-order valence-electron chi connectivity index (χ2n) is 5.20. The van der Waals surface area contributed by atoms with Crippen molar-refractivity contribution in [3.63, 3.8) is 0 Å². The maximum Gasteiger partial charge on any atom is 0.331 e. The fourth-order valence-electron chi connectivity index (χ4n) is 2.20. The van der Waals surface area contributed by atoms with Crippen molar-refractivity contribution in [3.05, 3.63) is 29.8 Å². The highest BCUT2D eigenvalue weighted by atomic mass is 32.2. The zero-order valence-corrected chi connectivity index (χ0v) is 13.4. The van der Waals surface area contributed by atoms with Gasteiger partial charge in [0.2, 0.25) is 10.0 Å². The zero-order chi connectivity index (χ0) is 17.8. The number of rotatable bonds is 6. The molecule has 0 spiro atoms. The molecule has 3 N–H and O–H groups in total. The topological polar surface area (TPSA) is 122 Å². The molecule has 0 radical (unpaired) electrons. The van der Waals surface area contributed by atoms with Gasteiger partial charge in [-0.2, -0.15) is 4.72 Å². The van der Waals surface area contributed by atoms with Gasteiger partial charge in [0.1, 0.15) is 0 Å². The second-order valence-corrected chi connectivity index (χ2v) is 6.97. The molecule has 0 aliphatic carbocycles. The number of amides is 1. The number of carboxylic acids is 1. The first kappa shape index (κ1) is 17.9. The molecule has 1 fully saturated rings. The van der Waals surface area contributed by atoms with Crippen LogP contribution in [0.5, 0.6) is 0 Å². The predicted octanol–water partition coefficient (Wildman–Crippen LogP) is -0.428. The molecule has 8 nitrogen and oxygen atoms in total. The molecule has 1 aliphatic heterocycles. The minimum Gasteiger partial charge on any atom is -0.479 e. The highest BCUT2D eigenvalue weighted by molar-refractivity contribution is 7.89. The first-order valence-electron chi connectivity index (χ1n) is 6.98. The molecular weight excluding hydrogens is 336 g/mol. The van der Waals surface area contributed by atoms with Crippen LogP contribution in [-0.2, 0) is 19.6 Å². The molecule has 9 heteroatoms. The lowest BCUT2D eigenvalue weighted by atomic mass is 9.98. The number of benzene rings is 1. The molecule has 0 saturated carbocycles. The fraction of sp³-hybridized carbons (Fsp3) is 0.333. The Balaban J connectivity index is 2.24. The van der Waals surface area contributed by atoms with Gasteiger partial charge in [-0.05, 0) is 18.2 Å². The van der Waals surface area contributed by atoms with Crippen LogP contribution in [0.25, 0.3) is 0 Å². The van der Waals surface area contributed by atoms with E-state index in [0.717, 1.165) is 6.07 Å². The fourth-order valence-corrected chi connectivity index (χ4v) is 3.18. The number of terminal acetylenes is 1. The van der Waals surface area contributed by atoms with Crippen LogP contribution in [0, 0.1) is 12.3 Å². The van der Waals surface area contributed by atoms with Crippen LogP contribution in [0.2, 0.25) is 0 Å². The summed E-state index contributed by atoms with van der Waals surface area (Å²) in [5, 5.41) is 11.7. The number of sulfonamides is 1. The molecule has 1 aromatic carbocycles. The molecule has 1 aromatic rings. The van der Waals surface area contributed by atoms with E-state index in [1.165, 1.54) is 18.2 Å². The van der Waals surface area contributed by atoms with Crippen molar-refractivity contribution in [3.8, 4) is 12.3 Å². The Labute approximate surface area is 139 Å². The summed E-state index contributed by atoms with van der Waals surface area (Å²) in [7, 11) is -3.85. The van der Waals surface area contributed by atoms with Crippen LogP contribution in [0.1, 0.15) is 16.8 Å². The molecule has 1 amide bonds. The minimum absolute atomic E-state index is 0.0195. The highest BCUT2D eigenvalue weighted by Gasteiger charge is 2.44. The Morgan fingerprint density at radius 1 is 1.42 bits per heavy atom. The quantitative estimate of drug-likeness (QED) is 0.597. The normalized spacial score (nSPS) is 20.3. The summed E-state index contributed by atoms with van der Waals surface area (Å²) in [5.74, 6) is 0.250. The van der Waals surface area contributed by atoms with E-state index in [0.29, 0.717) is 0 Å².